The van der Waals surface area contributed by atoms with Crippen LogP contribution in [-0.2, 0) is 9.47 Å². The van der Waals surface area contributed by atoms with Crippen LogP contribution in [-0.4, -0.2) is 97.5 Å². The van der Waals surface area contributed by atoms with E-state index in [4.69, 9.17) is 9.47 Å². The topological polar surface area (TPSA) is 57.3 Å². The Morgan fingerprint density at radius 1 is 1.00 bits per heavy atom. The normalized spacial score (nSPS) is 28.6. The second kappa shape index (κ2) is 7.63. The number of fused-ring (bicyclic) bond motifs is 2. The van der Waals surface area contributed by atoms with E-state index in [1.165, 1.54) is 0 Å². The summed E-state index contributed by atoms with van der Waals surface area (Å²) in [5.74, 6) is 0. The average Bonchev–Trinajstić information content (AvgIpc) is 2.72. The minimum atomic E-state index is 0.000292. The Balaban J connectivity index is 1.29. The van der Waals surface area contributed by atoms with Crippen molar-refractivity contribution in [3.8, 4) is 0 Å². The predicted octanol–water partition coefficient (Wildman–Crippen LogP) is 1.47. The molecule has 152 valence electrons. The van der Waals surface area contributed by atoms with Crippen molar-refractivity contribution < 1.29 is 14.3 Å². The minimum Gasteiger partial charge on any atom is -0.381 e. The number of piperazine rings is 1. The number of benzene rings is 1. The molecule has 1 aromatic carbocycles. The molecule has 4 saturated heterocycles. The summed E-state index contributed by atoms with van der Waals surface area (Å²) in [4.78, 5) is 20.2. The number of carbonyl (C=O) groups is 1. The van der Waals surface area contributed by atoms with Gasteiger partial charge in [-0.15, -0.1) is 0 Å². The van der Waals surface area contributed by atoms with Crippen molar-refractivity contribution in [2.24, 2.45) is 0 Å². The molecule has 0 aromatic heterocycles. The Kier molecular flexibility index (Phi) is 5.00. The number of ether oxygens (including phenoxy) is 2. The van der Waals surface area contributed by atoms with Crippen LogP contribution in [0.2, 0.25) is 0 Å². The van der Waals surface area contributed by atoms with Gasteiger partial charge in [-0.1, -0.05) is 18.2 Å². The van der Waals surface area contributed by atoms with Crippen LogP contribution in [0.15, 0.2) is 30.3 Å². The Hall–Kier alpha value is -1.67. The van der Waals surface area contributed by atoms with Crippen LogP contribution in [0, 0.1) is 0 Å². The number of urea groups is 1. The number of morpholine rings is 1. The number of hydrogen-bond donors (Lipinski definition) is 1. The monoisotopic (exact) mass is 386 g/mol. The van der Waals surface area contributed by atoms with Gasteiger partial charge in [0.15, 0.2) is 0 Å². The van der Waals surface area contributed by atoms with Crippen molar-refractivity contribution in [3.63, 3.8) is 0 Å². The summed E-state index contributed by atoms with van der Waals surface area (Å²) >= 11 is 0. The van der Waals surface area contributed by atoms with Gasteiger partial charge in [-0.3, -0.25) is 9.80 Å². The number of amides is 2. The van der Waals surface area contributed by atoms with Gasteiger partial charge >= 0.3 is 6.03 Å². The molecule has 0 aliphatic carbocycles. The lowest BCUT2D eigenvalue weighted by atomic mass is 9.81. The van der Waals surface area contributed by atoms with Crippen molar-refractivity contribution in [2.45, 2.75) is 30.5 Å². The van der Waals surface area contributed by atoms with Gasteiger partial charge in [0.25, 0.3) is 0 Å². The number of carbonyl (C=O) groups excluding carboxylic acids is 1. The fourth-order valence-electron chi connectivity index (χ4n) is 5.37. The van der Waals surface area contributed by atoms with E-state index in [1.807, 2.05) is 35.2 Å². The highest BCUT2D eigenvalue weighted by Gasteiger charge is 2.56. The van der Waals surface area contributed by atoms with Gasteiger partial charge in [-0.25, -0.2) is 4.79 Å². The maximum Gasteiger partial charge on any atom is 0.321 e. The number of nitrogens with one attached hydrogen (secondary N) is 1. The van der Waals surface area contributed by atoms with E-state index in [9.17, 15) is 4.79 Å². The lowest BCUT2D eigenvalue weighted by Gasteiger charge is -2.64. The molecule has 0 radical (unpaired) electrons. The number of anilines is 1. The van der Waals surface area contributed by atoms with Gasteiger partial charge in [0.05, 0.1) is 24.8 Å². The van der Waals surface area contributed by atoms with Crippen LogP contribution in [0.25, 0.3) is 0 Å². The zero-order valence-corrected chi connectivity index (χ0v) is 16.4. The van der Waals surface area contributed by atoms with E-state index in [1.54, 1.807) is 0 Å². The summed E-state index contributed by atoms with van der Waals surface area (Å²) in [6.07, 6.45) is 2.25. The summed E-state index contributed by atoms with van der Waals surface area (Å²) in [6, 6.07) is 10.6. The molecular formula is C21H30N4O3. The molecule has 1 N–H and O–H groups in total. The highest BCUT2D eigenvalue weighted by molar-refractivity contribution is 5.89. The Morgan fingerprint density at radius 2 is 1.79 bits per heavy atom. The van der Waals surface area contributed by atoms with Crippen molar-refractivity contribution in [2.75, 3.05) is 64.5 Å². The molecule has 5 rings (SSSR count). The van der Waals surface area contributed by atoms with Crippen LogP contribution in [0.4, 0.5) is 10.5 Å². The first-order valence-corrected chi connectivity index (χ1v) is 10.5. The molecule has 7 nitrogen and oxygen atoms in total. The molecule has 4 aliphatic heterocycles. The van der Waals surface area contributed by atoms with Gasteiger partial charge in [-0.2, -0.15) is 0 Å². The molecule has 2 amide bonds. The number of hydrogen-bond acceptors (Lipinski definition) is 5. The first-order valence-electron chi connectivity index (χ1n) is 10.5. The average molecular weight is 386 g/mol. The van der Waals surface area contributed by atoms with Crippen molar-refractivity contribution in [1.82, 2.24) is 14.7 Å². The van der Waals surface area contributed by atoms with Crippen LogP contribution >= 0.6 is 0 Å². The first-order chi connectivity index (χ1) is 13.7. The standard InChI is InChI=1S/C21H30N4O3/c26-20(22-17-4-2-1-3-5-17)23-12-19-13-28-11-8-25(19)21(14-23)15-24(16-21)18-6-9-27-10-7-18/h1-5,18-19H,6-16H2,(H,22,26)/t19-/m1/s1. The zero-order chi connectivity index (χ0) is 19.0. The zero-order valence-electron chi connectivity index (χ0n) is 16.4. The molecule has 0 unspecified atom stereocenters. The fraction of sp³-hybridized carbons (Fsp3) is 0.667. The van der Waals surface area contributed by atoms with Crippen molar-refractivity contribution in [3.05, 3.63) is 30.3 Å². The van der Waals surface area contributed by atoms with Crippen LogP contribution in [0.1, 0.15) is 12.8 Å². The largest absolute Gasteiger partial charge is 0.381 e. The SMILES string of the molecule is O=C(Nc1ccccc1)N1C[C@@H]2COCCN2C2(C1)CN(C1CCOCC1)C2. The van der Waals surface area contributed by atoms with Crippen LogP contribution < -0.4 is 5.32 Å². The molecule has 7 heteroatoms. The molecule has 0 bridgehead atoms. The molecule has 1 spiro atoms. The third kappa shape index (κ3) is 3.41. The fourth-order valence-corrected chi connectivity index (χ4v) is 5.37. The quantitative estimate of drug-likeness (QED) is 0.834. The van der Waals surface area contributed by atoms with Gasteiger partial charge in [0, 0.05) is 57.7 Å². The predicted molar refractivity (Wildman–Crippen MR) is 106 cm³/mol. The third-order valence-corrected chi connectivity index (χ3v) is 6.77. The summed E-state index contributed by atoms with van der Waals surface area (Å²) in [5.41, 5.74) is 0.917. The van der Waals surface area contributed by atoms with Crippen LogP contribution in [0.5, 0.6) is 0 Å². The van der Waals surface area contributed by atoms with E-state index in [0.29, 0.717) is 18.7 Å². The molecule has 28 heavy (non-hydrogen) atoms. The van der Waals surface area contributed by atoms with E-state index >= 15 is 0 Å². The lowest BCUT2D eigenvalue weighted by Crippen LogP contribution is -2.82. The molecule has 4 aliphatic rings. The highest BCUT2D eigenvalue weighted by Crippen LogP contribution is 2.38. The summed E-state index contributed by atoms with van der Waals surface area (Å²) in [7, 11) is 0. The van der Waals surface area contributed by atoms with Gasteiger partial charge < -0.3 is 19.7 Å². The lowest BCUT2D eigenvalue weighted by molar-refractivity contribution is -0.170. The highest BCUT2D eigenvalue weighted by atomic mass is 16.5. The Bertz CT molecular complexity index is 688. The number of likely N-dealkylation sites (tertiary alicyclic amines) is 1. The first kappa shape index (κ1) is 18.4. The van der Waals surface area contributed by atoms with Crippen molar-refractivity contribution >= 4 is 11.7 Å². The molecule has 1 aromatic rings. The van der Waals surface area contributed by atoms with Crippen LogP contribution in [0.3, 0.4) is 0 Å². The molecular weight excluding hydrogens is 356 g/mol. The van der Waals surface area contributed by atoms with E-state index < -0.39 is 0 Å². The van der Waals surface area contributed by atoms with Gasteiger partial charge in [0.1, 0.15) is 0 Å². The van der Waals surface area contributed by atoms with E-state index in [-0.39, 0.29) is 11.6 Å². The summed E-state index contributed by atoms with van der Waals surface area (Å²) < 4.78 is 11.3. The van der Waals surface area contributed by atoms with E-state index in [2.05, 4.69) is 15.1 Å². The number of para-hydroxylation sites is 1. The molecule has 1 atom stereocenters. The Labute approximate surface area is 166 Å². The second-order valence-electron chi connectivity index (χ2n) is 8.57. The number of rotatable bonds is 2. The van der Waals surface area contributed by atoms with Gasteiger partial charge in [0.2, 0.25) is 0 Å². The summed E-state index contributed by atoms with van der Waals surface area (Å²) in [5, 5.41) is 3.07. The minimum absolute atomic E-state index is 0.000292. The maximum atomic E-state index is 13.0. The number of nitrogens with zero attached hydrogens (tertiary/aromatic N) is 3. The molecule has 0 saturated carbocycles. The summed E-state index contributed by atoms with van der Waals surface area (Å²) in [6.45, 7) is 7.85. The van der Waals surface area contributed by atoms with Gasteiger partial charge in [-0.05, 0) is 25.0 Å². The smallest absolute Gasteiger partial charge is 0.321 e. The maximum absolute atomic E-state index is 13.0. The molecule has 4 heterocycles. The van der Waals surface area contributed by atoms with E-state index in [0.717, 1.165) is 71.1 Å². The molecule has 4 fully saturated rings. The Morgan fingerprint density at radius 3 is 2.57 bits per heavy atom. The second-order valence-corrected chi connectivity index (χ2v) is 8.57. The van der Waals surface area contributed by atoms with Crippen molar-refractivity contribution in [1.29, 1.82) is 0 Å². The third-order valence-electron chi connectivity index (χ3n) is 6.77.